The maximum Gasteiger partial charge on any atom is 0.243 e. The minimum atomic E-state index is -3.55. The third kappa shape index (κ3) is 4.29. The van der Waals surface area contributed by atoms with Crippen molar-refractivity contribution < 1.29 is 22.7 Å². The van der Waals surface area contributed by atoms with Crippen LogP contribution in [0.4, 0.5) is 0 Å². The topological polar surface area (TPSA) is 76.2 Å². The highest BCUT2D eigenvalue weighted by atomic mass is 32.2. The summed E-state index contributed by atoms with van der Waals surface area (Å²) in [5.74, 6) is 1.49. The number of fused-ring (bicyclic) bond motifs is 1. The summed E-state index contributed by atoms with van der Waals surface area (Å²) in [6.07, 6.45) is 2.98. The molecule has 1 amide bonds. The van der Waals surface area contributed by atoms with Crippen molar-refractivity contribution in [1.82, 2.24) is 9.21 Å². The molecular weight excluding hydrogens is 452 g/mol. The summed E-state index contributed by atoms with van der Waals surface area (Å²) in [6, 6.07) is 11.3. The van der Waals surface area contributed by atoms with Gasteiger partial charge in [0.25, 0.3) is 0 Å². The number of hydrogen-bond acceptors (Lipinski definition) is 5. The largest absolute Gasteiger partial charge is 0.486 e. The van der Waals surface area contributed by atoms with Crippen LogP contribution in [0.15, 0.2) is 41.3 Å². The van der Waals surface area contributed by atoms with Crippen LogP contribution < -0.4 is 9.47 Å². The fourth-order valence-electron chi connectivity index (χ4n) is 5.25. The fourth-order valence-corrected chi connectivity index (χ4v) is 6.80. The Balaban J connectivity index is 1.26. The van der Waals surface area contributed by atoms with Crippen molar-refractivity contribution in [3.63, 3.8) is 0 Å². The van der Waals surface area contributed by atoms with E-state index < -0.39 is 10.0 Å². The molecule has 7 nitrogen and oxygen atoms in total. The van der Waals surface area contributed by atoms with Gasteiger partial charge in [-0.2, -0.15) is 4.31 Å². The predicted molar refractivity (Wildman–Crippen MR) is 129 cm³/mol. The Kier molecular flexibility index (Phi) is 6.29. The SMILES string of the molecule is Cc1ccc(S(=O)(=O)N2CCC(C(=O)N3CCCC3c3ccc4c(c3)OCCO4)CC2)cc1C. The Morgan fingerprint density at radius 3 is 2.35 bits per heavy atom. The number of rotatable bonds is 4. The van der Waals surface area contributed by atoms with Gasteiger partial charge >= 0.3 is 0 Å². The van der Waals surface area contributed by atoms with Crippen molar-refractivity contribution in [1.29, 1.82) is 0 Å². The number of amides is 1. The third-order valence-electron chi connectivity index (χ3n) is 7.41. The molecular formula is C26H32N2O5S. The lowest BCUT2D eigenvalue weighted by molar-refractivity contribution is -0.137. The molecule has 3 aliphatic rings. The van der Waals surface area contributed by atoms with Gasteiger partial charge in [-0.25, -0.2) is 8.42 Å². The van der Waals surface area contributed by atoms with Gasteiger partial charge in [-0.1, -0.05) is 12.1 Å². The van der Waals surface area contributed by atoms with Crippen LogP contribution in [0.5, 0.6) is 11.5 Å². The molecule has 2 aromatic rings. The molecule has 182 valence electrons. The summed E-state index contributed by atoms with van der Waals surface area (Å²) < 4.78 is 39.2. The van der Waals surface area contributed by atoms with E-state index in [1.807, 2.05) is 43.0 Å². The number of piperidine rings is 1. The van der Waals surface area contributed by atoms with Crippen LogP contribution in [-0.2, 0) is 14.8 Å². The fraction of sp³-hybridized carbons (Fsp3) is 0.500. The average molecular weight is 485 g/mol. The molecule has 2 aromatic carbocycles. The number of carbonyl (C=O) groups excluding carboxylic acids is 1. The molecule has 0 saturated carbocycles. The van der Waals surface area contributed by atoms with E-state index in [0.717, 1.165) is 47.6 Å². The van der Waals surface area contributed by atoms with Crippen LogP contribution >= 0.6 is 0 Å². The van der Waals surface area contributed by atoms with Crippen molar-refractivity contribution in [3.8, 4) is 11.5 Å². The van der Waals surface area contributed by atoms with Gasteiger partial charge in [0, 0.05) is 25.6 Å². The number of carbonyl (C=O) groups is 1. The second-order valence-corrected chi connectivity index (χ2v) is 11.5. The molecule has 34 heavy (non-hydrogen) atoms. The lowest BCUT2D eigenvalue weighted by Gasteiger charge is -2.34. The van der Waals surface area contributed by atoms with Gasteiger partial charge < -0.3 is 14.4 Å². The second kappa shape index (κ2) is 9.23. The zero-order valence-electron chi connectivity index (χ0n) is 19.8. The lowest BCUT2D eigenvalue weighted by Crippen LogP contribution is -2.44. The van der Waals surface area contributed by atoms with Crippen LogP contribution in [0.25, 0.3) is 0 Å². The Labute approximate surface area is 201 Å². The van der Waals surface area contributed by atoms with Gasteiger partial charge in [-0.15, -0.1) is 0 Å². The smallest absolute Gasteiger partial charge is 0.243 e. The van der Waals surface area contributed by atoms with Gasteiger partial charge in [0.05, 0.1) is 10.9 Å². The number of likely N-dealkylation sites (tertiary alicyclic amines) is 1. The van der Waals surface area contributed by atoms with E-state index in [4.69, 9.17) is 9.47 Å². The van der Waals surface area contributed by atoms with Gasteiger partial charge in [0.15, 0.2) is 11.5 Å². The van der Waals surface area contributed by atoms with E-state index in [1.54, 1.807) is 12.1 Å². The predicted octanol–water partition coefficient (Wildman–Crippen LogP) is 3.84. The number of sulfonamides is 1. The van der Waals surface area contributed by atoms with Crippen LogP contribution in [0.2, 0.25) is 0 Å². The number of benzene rings is 2. The van der Waals surface area contributed by atoms with Crippen molar-refractivity contribution in [3.05, 3.63) is 53.1 Å². The van der Waals surface area contributed by atoms with E-state index in [0.29, 0.717) is 44.0 Å². The molecule has 8 heteroatoms. The molecule has 0 aromatic heterocycles. The van der Waals surface area contributed by atoms with Gasteiger partial charge in [-0.05, 0) is 80.5 Å². The van der Waals surface area contributed by atoms with Gasteiger partial charge in [-0.3, -0.25) is 4.79 Å². The first-order valence-electron chi connectivity index (χ1n) is 12.1. The van der Waals surface area contributed by atoms with E-state index in [9.17, 15) is 13.2 Å². The van der Waals surface area contributed by atoms with E-state index in [1.165, 1.54) is 4.31 Å². The summed E-state index contributed by atoms with van der Waals surface area (Å²) in [4.78, 5) is 15.8. The third-order valence-corrected chi connectivity index (χ3v) is 9.30. The monoisotopic (exact) mass is 484 g/mol. The normalized spacial score (nSPS) is 21.6. The summed E-state index contributed by atoms with van der Waals surface area (Å²) in [5.41, 5.74) is 3.11. The highest BCUT2D eigenvalue weighted by molar-refractivity contribution is 7.89. The number of nitrogens with zero attached hydrogens (tertiary/aromatic N) is 2. The molecule has 0 bridgehead atoms. The minimum Gasteiger partial charge on any atom is -0.486 e. The summed E-state index contributed by atoms with van der Waals surface area (Å²) in [7, 11) is -3.55. The summed E-state index contributed by atoms with van der Waals surface area (Å²) in [6.45, 7) is 6.46. The molecule has 0 spiro atoms. The van der Waals surface area contributed by atoms with Crippen molar-refractivity contribution in [2.24, 2.45) is 5.92 Å². The van der Waals surface area contributed by atoms with E-state index in [-0.39, 0.29) is 17.9 Å². The van der Waals surface area contributed by atoms with Gasteiger partial charge in [0.1, 0.15) is 13.2 Å². The standard InChI is InChI=1S/C26H32N2O5S/c1-18-5-7-22(16-19(18)2)34(30,31)27-12-9-20(10-13-27)26(29)28-11-3-4-23(28)21-6-8-24-25(17-21)33-15-14-32-24/h5-8,16-17,20,23H,3-4,9-15H2,1-2H3. The Bertz CT molecular complexity index is 1190. The molecule has 3 heterocycles. The molecule has 0 aliphatic carbocycles. The van der Waals surface area contributed by atoms with E-state index >= 15 is 0 Å². The van der Waals surface area contributed by atoms with Crippen molar-refractivity contribution >= 4 is 15.9 Å². The Morgan fingerprint density at radius 1 is 0.882 bits per heavy atom. The first-order valence-corrected chi connectivity index (χ1v) is 13.6. The second-order valence-electron chi connectivity index (χ2n) is 9.52. The molecule has 1 unspecified atom stereocenters. The van der Waals surface area contributed by atoms with Crippen molar-refractivity contribution in [2.45, 2.75) is 50.5 Å². The van der Waals surface area contributed by atoms with Crippen LogP contribution in [0.3, 0.4) is 0 Å². The zero-order valence-corrected chi connectivity index (χ0v) is 20.6. The maximum atomic E-state index is 13.5. The van der Waals surface area contributed by atoms with Crippen molar-refractivity contribution in [2.75, 3.05) is 32.8 Å². The first kappa shape index (κ1) is 23.2. The lowest BCUT2D eigenvalue weighted by atomic mass is 9.95. The Hall–Kier alpha value is -2.58. The van der Waals surface area contributed by atoms with E-state index in [2.05, 4.69) is 0 Å². The van der Waals surface area contributed by atoms with Crippen LogP contribution in [-0.4, -0.2) is 56.4 Å². The minimum absolute atomic E-state index is 0.0284. The number of hydrogen-bond donors (Lipinski definition) is 0. The molecule has 2 saturated heterocycles. The molecule has 1 atom stereocenters. The zero-order chi connectivity index (χ0) is 23.9. The first-order chi connectivity index (χ1) is 16.3. The van der Waals surface area contributed by atoms with Crippen LogP contribution in [0.1, 0.15) is 48.4 Å². The summed E-state index contributed by atoms with van der Waals surface area (Å²) >= 11 is 0. The molecule has 2 fully saturated rings. The number of ether oxygens (including phenoxy) is 2. The molecule has 5 rings (SSSR count). The number of aryl methyl sites for hydroxylation is 2. The quantitative estimate of drug-likeness (QED) is 0.659. The average Bonchev–Trinajstić information content (AvgIpc) is 3.35. The Morgan fingerprint density at radius 2 is 1.62 bits per heavy atom. The molecule has 3 aliphatic heterocycles. The highest BCUT2D eigenvalue weighted by Gasteiger charge is 2.38. The maximum absolute atomic E-state index is 13.5. The van der Waals surface area contributed by atoms with Gasteiger partial charge in [0.2, 0.25) is 15.9 Å². The van der Waals surface area contributed by atoms with Crippen LogP contribution in [0, 0.1) is 19.8 Å². The molecule has 0 N–H and O–H groups in total. The highest BCUT2D eigenvalue weighted by Crippen LogP contribution is 2.39. The molecule has 0 radical (unpaired) electrons. The summed E-state index contributed by atoms with van der Waals surface area (Å²) in [5, 5.41) is 0.